The lowest BCUT2D eigenvalue weighted by Crippen LogP contribution is -2.37. The van der Waals surface area contributed by atoms with Gasteiger partial charge in [-0.15, -0.1) is 24.0 Å². The number of guanidine groups is 1. The van der Waals surface area contributed by atoms with Crippen LogP contribution in [0.5, 0.6) is 0 Å². The lowest BCUT2D eigenvalue weighted by molar-refractivity contribution is 0.331. The van der Waals surface area contributed by atoms with E-state index in [9.17, 15) is 4.79 Å². The topological polar surface area (TPSA) is 61.7 Å². The molecule has 0 saturated carbocycles. The standard InChI is InChI=1S/C24H35N5O.HI/c1-2-25-24(26-14-4-6-18-29-17-5-3-9-23(29)30)27-19-21-10-12-22(13-11-21)20-28-15-7-8-16-28;/h3,5,9-13,17H,2,4,6-8,14-16,18-20H2,1H3,(H2,25,26,27);1H. The highest BCUT2D eigenvalue weighted by molar-refractivity contribution is 14.0. The lowest BCUT2D eigenvalue weighted by Gasteiger charge is -2.14. The van der Waals surface area contributed by atoms with Crippen LogP contribution in [0.1, 0.15) is 43.7 Å². The highest BCUT2D eigenvalue weighted by atomic mass is 127. The molecular weight excluding hydrogens is 501 g/mol. The summed E-state index contributed by atoms with van der Waals surface area (Å²) >= 11 is 0. The summed E-state index contributed by atoms with van der Waals surface area (Å²) in [6.07, 6.45) is 6.44. The summed E-state index contributed by atoms with van der Waals surface area (Å²) in [4.78, 5) is 19.0. The zero-order valence-corrected chi connectivity index (χ0v) is 20.9. The van der Waals surface area contributed by atoms with Crippen molar-refractivity contribution >= 4 is 29.9 Å². The van der Waals surface area contributed by atoms with E-state index in [2.05, 4.69) is 46.7 Å². The first-order chi connectivity index (χ1) is 14.7. The van der Waals surface area contributed by atoms with E-state index < -0.39 is 0 Å². The third-order valence-corrected chi connectivity index (χ3v) is 5.41. The average Bonchev–Trinajstić information content (AvgIpc) is 3.27. The van der Waals surface area contributed by atoms with Gasteiger partial charge in [0.1, 0.15) is 0 Å². The van der Waals surface area contributed by atoms with E-state index >= 15 is 0 Å². The van der Waals surface area contributed by atoms with Gasteiger partial charge in [0.05, 0.1) is 6.54 Å². The van der Waals surface area contributed by atoms with Crippen molar-refractivity contribution in [2.45, 2.75) is 52.2 Å². The molecule has 0 spiro atoms. The van der Waals surface area contributed by atoms with Gasteiger partial charge in [0.25, 0.3) is 0 Å². The first-order valence-electron chi connectivity index (χ1n) is 11.2. The maximum atomic E-state index is 11.7. The van der Waals surface area contributed by atoms with E-state index in [0.717, 1.165) is 45.0 Å². The second-order valence-corrected chi connectivity index (χ2v) is 7.86. The zero-order chi connectivity index (χ0) is 21.0. The summed E-state index contributed by atoms with van der Waals surface area (Å²) in [5.41, 5.74) is 2.67. The molecule has 0 aliphatic carbocycles. The van der Waals surface area contributed by atoms with Crippen LogP contribution in [-0.4, -0.2) is 41.6 Å². The molecule has 6 nitrogen and oxygen atoms in total. The van der Waals surface area contributed by atoms with Crippen LogP contribution >= 0.6 is 24.0 Å². The van der Waals surface area contributed by atoms with Crippen molar-refractivity contribution in [1.29, 1.82) is 0 Å². The number of aromatic nitrogens is 1. The Morgan fingerprint density at radius 3 is 2.45 bits per heavy atom. The molecule has 1 fully saturated rings. The molecule has 2 aromatic rings. The Bertz CT molecular complexity index is 844. The molecule has 1 aromatic carbocycles. The Labute approximate surface area is 203 Å². The van der Waals surface area contributed by atoms with Crippen LogP contribution < -0.4 is 16.2 Å². The molecule has 0 unspecified atom stereocenters. The van der Waals surface area contributed by atoms with Crippen molar-refractivity contribution in [3.8, 4) is 0 Å². The van der Waals surface area contributed by atoms with Crippen LogP contribution in [0.15, 0.2) is 58.4 Å². The SMILES string of the molecule is CCNC(=NCc1ccc(CN2CCCC2)cc1)NCCCCn1ccccc1=O.I. The number of hydrogen-bond donors (Lipinski definition) is 2. The van der Waals surface area contributed by atoms with E-state index in [1.165, 1.54) is 37.1 Å². The molecule has 1 aromatic heterocycles. The average molecular weight is 537 g/mol. The third-order valence-electron chi connectivity index (χ3n) is 5.41. The number of aryl methyl sites for hydroxylation is 1. The summed E-state index contributed by atoms with van der Waals surface area (Å²) in [6.45, 7) is 8.67. The van der Waals surface area contributed by atoms with Gasteiger partial charge in [0.2, 0.25) is 5.56 Å². The molecule has 2 heterocycles. The van der Waals surface area contributed by atoms with E-state index in [0.29, 0.717) is 6.54 Å². The Balaban J connectivity index is 0.00000341. The van der Waals surface area contributed by atoms with Crippen molar-refractivity contribution in [2.24, 2.45) is 4.99 Å². The molecule has 1 saturated heterocycles. The van der Waals surface area contributed by atoms with Gasteiger partial charge in [0, 0.05) is 38.4 Å². The number of nitrogens with one attached hydrogen (secondary N) is 2. The second kappa shape index (κ2) is 14.2. The quantitative estimate of drug-likeness (QED) is 0.211. The largest absolute Gasteiger partial charge is 0.357 e. The third kappa shape index (κ3) is 9.03. The van der Waals surface area contributed by atoms with Crippen molar-refractivity contribution in [1.82, 2.24) is 20.1 Å². The van der Waals surface area contributed by atoms with Crippen molar-refractivity contribution in [2.75, 3.05) is 26.2 Å². The first kappa shape index (κ1) is 25.4. The van der Waals surface area contributed by atoms with Crippen LogP contribution in [0, 0.1) is 0 Å². The van der Waals surface area contributed by atoms with Gasteiger partial charge in [0.15, 0.2) is 5.96 Å². The Morgan fingerprint density at radius 1 is 1.00 bits per heavy atom. The number of aliphatic imine (C=N–C) groups is 1. The van der Waals surface area contributed by atoms with E-state index in [1.807, 2.05) is 12.3 Å². The molecule has 2 N–H and O–H groups in total. The van der Waals surface area contributed by atoms with Gasteiger partial charge in [-0.3, -0.25) is 9.69 Å². The monoisotopic (exact) mass is 537 g/mol. The van der Waals surface area contributed by atoms with Crippen molar-refractivity contribution < 1.29 is 0 Å². The number of nitrogens with zero attached hydrogens (tertiary/aromatic N) is 3. The second-order valence-electron chi connectivity index (χ2n) is 7.86. The number of halogens is 1. The van der Waals surface area contributed by atoms with Crippen molar-refractivity contribution in [3.63, 3.8) is 0 Å². The van der Waals surface area contributed by atoms with Crippen molar-refractivity contribution in [3.05, 3.63) is 70.1 Å². The maximum absolute atomic E-state index is 11.7. The van der Waals surface area contributed by atoms with E-state index in [1.54, 1.807) is 16.7 Å². The molecule has 1 aliphatic rings. The van der Waals surface area contributed by atoms with Crippen LogP contribution in [0.25, 0.3) is 0 Å². The van der Waals surface area contributed by atoms with Gasteiger partial charge in [-0.2, -0.15) is 0 Å². The van der Waals surface area contributed by atoms with Crippen LogP contribution in [-0.2, 0) is 19.6 Å². The van der Waals surface area contributed by atoms with Gasteiger partial charge in [-0.1, -0.05) is 30.3 Å². The fourth-order valence-corrected chi connectivity index (χ4v) is 3.72. The number of pyridine rings is 1. The Kier molecular flexibility index (Phi) is 11.7. The zero-order valence-electron chi connectivity index (χ0n) is 18.6. The summed E-state index contributed by atoms with van der Waals surface area (Å²) < 4.78 is 1.76. The number of hydrogen-bond acceptors (Lipinski definition) is 3. The minimum Gasteiger partial charge on any atom is -0.357 e. The molecule has 170 valence electrons. The number of rotatable bonds is 10. The molecule has 0 amide bonds. The maximum Gasteiger partial charge on any atom is 0.250 e. The summed E-state index contributed by atoms with van der Waals surface area (Å²) in [5, 5.41) is 6.70. The Morgan fingerprint density at radius 2 is 1.74 bits per heavy atom. The molecule has 3 rings (SSSR count). The fourth-order valence-electron chi connectivity index (χ4n) is 3.72. The van der Waals surface area contributed by atoms with Gasteiger partial charge in [-0.05, 0) is 62.9 Å². The smallest absolute Gasteiger partial charge is 0.250 e. The van der Waals surface area contributed by atoms with Gasteiger partial charge in [-0.25, -0.2) is 4.99 Å². The fraction of sp³-hybridized carbons (Fsp3) is 0.500. The predicted molar refractivity (Wildman–Crippen MR) is 139 cm³/mol. The summed E-state index contributed by atoms with van der Waals surface area (Å²) in [6, 6.07) is 14.1. The minimum atomic E-state index is 0. The highest BCUT2D eigenvalue weighted by Crippen LogP contribution is 2.13. The lowest BCUT2D eigenvalue weighted by atomic mass is 10.1. The minimum absolute atomic E-state index is 0. The number of benzene rings is 1. The molecule has 0 radical (unpaired) electrons. The highest BCUT2D eigenvalue weighted by Gasteiger charge is 2.11. The molecule has 31 heavy (non-hydrogen) atoms. The molecular formula is C24H36IN5O. The van der Waals surface area contributed by atoms with Gasteiger partial charge < -0.3 is 15.2 Å². The van der Waals surface area contributed by atoms with Gasteiger partial charge >= 0.3 is 0 Å². The normalized spacial score (nSPS) is 14.3. The number of likely N-dealkylation sites (tertiary alicyclic amines) is 1. The molecule has 1 aliphatic heterocycles. The molecule has 0 bridgehead atoms. The molecule has 7 heteroatoms. The Hall–Kier alpha value is -1.87. The van der Waals surface area contributed by atoms with E-state index in [4.69, 9.17) is 4.99 Å². The van der Waals surface area contributed by atoms with Crippen LogP contribution in [0.3, 0.4) is 0 Å². The summed E-state index contributed by atoms with van der Waals surface area (Å²) in [7, 11) is 0. The molecule has 0 atom stereocenters. The number of unbranched alkanes of at least 4 members (excludes halogenated alkanes) is 1. The van der Waals surface area contributed by atoms with Crippen LogP contribution in [0.4, 0.5) is 0 Å². The first-order valence-corrected chi connectivity index (χ1v) is 11.2. The van der Waals surface area contributed by atoms with Crippen LogP contribution in [0.2, 0.25) is 0 Å². The predicted octanol–water partition coefficient (Wildman–Crippen LogP) is 3.60. The van der Waals surface area contributed by atoms with E-state index in [-0.39, 0.29) is 29.5 Å². The summed E-state index contributed by atoms with van der Waals surface area (Å²) in [5.74, 6) is 0.843.